The zero-order valence-corrected chi connectivity index (χ0v) is 16.4. The monoisotopic (exact) mass is 288 g/mol. The molecular formula is C6H10K2O4S2. The van der Waals surface area contributed by atoms with Crippen LogP contribution in [0.5, 0.6) is 0 Å². The van der Waals surface area contributed by atoms with E-state index in [1.807, 2.05) is 0 Å². The molecule has 0 N–H and O–H groups in total. The van der Waals surface area contributed by atoms with E-state index in [9.17, 15) is 19.8 Å². The number of aliphatic carboxylic acids is 2. The first kappa shape index (κ1) is 25.7. The van der Waals surface area contributed by atoms with E-state index in [0.717, 1.165) is 0 Å². The number of carbonyl (C=O) groups is 2. The molecule has 0 radical (unpaired) electrons. The summed E-state index contributed by atoms with van der Waals surface area (Å²) in [6.07, 6.45) is 0.0895. The van der Waals surface area contributed by atoms with Gasteiger partial charge in [0.2, 0.25) is 0 Å². The van der Waals surface area contributed by atoms with E-state index < -0.39 is 11.9 Å². The first-order chi connectivity index (χ1) is 5.54. The van der Waals surface area contributed by atoms with E-state index in [1.165, 1.54) is 0 Å². The molecule has 0 atom stereocenters. The fourth-order valence-corrected chi connectivity index (χ4v) is 0.548. The van der Waals surface area contributed by atoms with Crippen LogP contribution in [0.3, 0.4) is 0 Å². The number of rotatable bonds is 4. The van der Waals surface area contributed by atoms with Crippen LogP contribution in [-0.4, -0.2) is 23.4 Å². The Morgan fingerprint density at radius 3 is 1.07 bits per heavy atom. The Hall–Kier alpha value is 2.91. The van der Waals surface area contributed by atoms with Gasteiger partial charge in [0.15, 0.2) is 0 Å². The minimum absolute atomic E-state index is 0. The number of carbonyl (C=O) groups excluding carboxylic acids is 2. The molecule has 0 rings (SSSR count). The molecule has 0 saturated carbocycles. The average molecular weight is 288 g/mol. The van der Waals surface area contributed by atoms with Crippen molar-refractivity contribution in [2.24, 2.45) is 0 Å². The first-order valence-corrected chi connectivity index (χ1v) is 4.42. The first-order valence-electron chi connectivity index (χ1n) is 3.16. The Labute approximate surface area is 180 Å². The maximum atomic E-state index is 9.44. The van der Waals surface area contributed by atoms with Crippen molar-refractivity contribution in [1.82, 2.24) is 0 Å². The number of carboxylic acids is 2. The molecule has 0 spiro atoms. The molecule has 0 saturated heterocycles. The van der Waals surface area contributed by atoms with Crippen molar-refractivity contribution < 1.29 is 123 Å². The van der Waals surface area contributed by atoms with Crippen LogP contribution in [0.15, 0.2) is 0 Å². The average Bonchev–Trinajstić information content (AvgIpc) is 1.87. The van der Waals surface area contributed by atoms with Gasteiger partial charge < -0.3 is 19.8 Å². The van der Waals surface area contributed by atoms with E-state index >= 15 is 0 Å². The van der Waals surface area contributed by atoms with E-state index in [1.54, 1.807) is 0 Å². The van der Waals surface area contributed by atoms with Gasteiger partial charge in [-0.15, -0.1) is 0 Å². The Balaban J connectivity index is -0.0000000625. The van der Waals surface area contributed by atoms with Crippen LogP contribution < -0.4 is 113 Å². The van der Waals surface area contributed by atoms with Crippen molar-refractivity contribution >= 4 is 37.2 Å². The van der Waals surface area contributed by atoms with E-state index in [2.05, 4.69) is 25.3 Å². The van der Waals surface area contributed by atoms with E-state index in [-0.39, 0.29) is 116 Å². The van der Waals surface area contributed by atoms with Crippen molar-refractivity contribution in [1.29, 1.82) is 0 Å². The SMILES string of the molecule is O=C([O-])CCS.O=C([O-])CCS.[K+].[K+]. The second kappa shape index (κ2) is 21.2. The van der Waals surface area contributed by atoms with Crippen LogP contribution in [0, 0.1) is 0 Å². The summed E-state index contributed by atoms with van der Waals surface area (Å²) in [5.41, 5.74) is 0. The summed E-state index contributed by atoms with van der Waals surface area (Å²) in [5.74, 6) is -1.35. The molecule has 0 unspecified atom stereocenters. The third-order valence-electron chi connectivity index (χ3n) is 0.632. The van der Waals surface area contributed by atoms with Crippen LogP contribution in [0.2, 0.25) is 0 Å². The van der Waals surface area contributed by atoms with Gasteiger partial charge in [-0.1, -0.05) is 0 Å². The van der Waals surface area contributed by atoms with Crippen LogP contribution in [0.25, 0.3) is 0 Å². The predicted molar refractivity (Wildman–Crippen MR) is 47.0 cm³/mol. The largest absolute Gasteiger partial charge is 1.00 e. The van der Waals surface area contributed by atoms with Gasteiger partial charge in [0.05, 0.1) is 0 Å². The molecule has 0 fully saturated rings. The van der Waals surface area contributed by atoms with Gasteiger partial charge in [-0.25, -0.2) is 0 Å². The molecule has 0 aliphatic rings. The van der Waals surface area contributed by atoms with Crippen LogP contribution >= 0.6 is 25.3 Å². The molecule has 0 aromatic rings. The number of hydrogen-bond donors (Lipinski definition) is 2. The van der Waals surface area contributed by atoms with Crippen molar-refractivity contribution in [3.05, 3.63) is 0 Å². The molecule has 0 aromatic carbocycles. The van der Waals surface area contributed by atoms with E-state index in [0.29, 0.717) is 11.5 Å². The number of hydrogen-bond acceptors (Lipinski definition) is 6. The van der Waals surface area contributed by atoms with E-state index in [4.69, 9.17) is 0 Å². The predicted octanol–water partition coefficient (Wildman–Crippen LogP) is -7.88. The molecule has 72 valence electrons. The van der Waals surface area contributed by atoms with Crippen LogP contribution in [0.4, 0.5) is 0 Å². The van der Waals surface area contributed by atoms with Crippen LogP contribution in [0.1, 0.15) is 12.8 Å². The molecule has 0 heterocycles. The summed E-state index contributed by atoms with van der Waals surface area (Å²) < 4.78 is 0. The minimum Gasteiger partial charge on any atom is -0.550 e. The standard InChI is InChI=1S/2C3H6O2S.2K/c2*4-3(5)1-2-6;;/h2*6H,1-2H2,(H,4,5);;/q;;2*+1/p-2. The maximum Gasteiger partial charge on any atom is 1.00 e. The molecule has 0 bridgehead atoms. The van der Waals surface area contributed by atoms with Gasteiger partial charge in [0.1, 0.15) is 0 Å². The van der Waals surface area contributed by atoms with Gasteiger partial charge in [-0.3, -0.25) is 0 Å². The molecule has 8 heteroatoms. The zero-order valence-electron chi connectivity index (χ0n) is 8.36. The normalized spacial score (nSPS) is 7.00. The summed E-state index contributed by atoms with van der Waals surface area (Å²) in [6, 6.07) is 0. The number of carboxylic acid groups (broad SMARTS) is 2. The Bertz CT molecular complexity index is 130. The minimum atomic E-state index is -1.04. The zero-order chi connectivity index (χ0) is 9.98. The van der Waals surface area contributed by atoms with Gasteiger partial charge in [-0.2, -0.15) is 25.3 Å². The molecule has 0 aromatic heterocycles. The fourth-order valence-electron chi connectivity index (χ4n) is 0.183. The molecule has 4 nitrogen and oxygen atoms in total. The third-order valence-corrected chi connectivity index (χ3v) is 1.08. The summed E-state index contributed by atoms with van der Waals surface area (Å²) in [4.78, 5) is 18.9. The molecule has 14 heavy (non-hydrogen) atoms. The second-order valence-corrected chi connectivity index (χ2v) is 2.59. The van der Waals surface area contributed by atoms with Crippen molar-refractivity contribution in [3.8, 4) is 0 Å². The van der Waals surface area contributed by atoms with Crippen molar-refractivity contribution in [2.75, 3.05) is 11.5 Å². The van der Waals surface area contributed by atoms with Gasteiger partial charge in [0, 0.05) is 11.9 Å². The third kappa shape index (κ3) is 36.3. The summed E-state index contributed by atoms with van der Waals surface area (Å²) >= 11 is 7.28. The Morgan fingerprint density at radius 2 is 1.07 bits per heavy atom. The quantitative estimate of drug-likeness (QED) is 0.398. The van der Waals surface area contributed by atoms with Crippen molar-refractivity contribution in [2.45, 2.75) is 12.8 Å². The smallest absolute Gasteiger partial charge is 0.550 e. The van der Waals surface area contributed by atoms with Crippen molar-refractivity contribution in [3.63, 3.8) is 0 Å². The number of thiol groups is 2. The molecule has 0 aliphatic heterocycles. The van der Waals surface area contributed by atoms with Gasteiger partial charge in [0.25, 0.3) is 0 Å². The van der Waals surface area contributed by atoms with Gasteiger partial charge in [-0.05, 0) is 24.3 Å². The van der Waals surface area contributed by atoms with Gasteiger partial charge >= 0.3 is 103 Å². The summed E-state index contributed by atoms with van der Waals surface area (Å²) in [5, 5.41) is 18.9. The molecule has 0 amide bonds. The molecule has 0 aliphatic carbocycles. The topological polar surface area (TPSA) is 80.3 Å². The summed E-state index contributed by atoms with van der Waals surface area (Å²) in [7, 11) is 0. The summed E-state index contributed by atoms with van der Waals surface area (Å²) in [6.45, 7) is 0. The van der Waals surface area contributed by atoms with Crippen LogP contribution in [-0.2, 0) is 9.59 Å². The Kier molecular flexibility index (Phi) is 38.9. The molecular weight excluding hydrogens is 278 g/mol. The Morgan fingerprint density at radius 1 is 0.857 bits per heavy atom. The second-order valence-electron chi connectivity index (χ2n) is 1.69. The fraction of sp³-hybridized carbons (Fsp3) is 0.667. The maximum absolute atomic E-state index is 9.44.